The molecular formula is C24H38Si4. The molecule has 0 unspecified atom stereocenters. The zero-order valence-electron chi connectivity index (χ0n) is 19.4. The Labute approximate surface area is 176 Å². The molecule has 4 heteroatoms. The predicted molar refractivity (Wildman–Crippen MR) is 136 cm³/mol. The molecule has 0 saturated heterocycles. The third-order valence-electron chi connectivity index (χ3n) is 7.70. The fourth-order valence-electron chi connectivity index (χ4n) is 7.97. The highest BCUT2D eigenvalue weighted by Gasteiger charge is 2.72. The quantitative estimate of drug-likeness (QED) is 0.438. The van der Waals surface area contributed by atoms with Crippen LogP contribution in [0, 0.1) is 0 Å². The first kappa shape index (κ1) is 20.6. The molecule has 2 aromatic carbocycles. The molecular weight excluding hydrogens is 401 g/mol. The SMILES string of the molecule is C[Si](C)(C)C([Si](C)(C)C)[Si]1([Si](C)(C)C)C2c3ccccc3C1c1ccccc12. The van der Waals surface area contributed by atoms with E-state index in [0.717, 1.165) is 15.9 Å². The summed E-state index contributed by atoms with van der Waals surface area (Å²) in [6.07, 6.45) is 0. The summed E-state index contributed by atoms with van der Waals surface area (Å²) in [6.45, 7) is 24.5. The van der Waals surface area contributed by atoms with Crippen molar-refractivity contribution in [2.45, 2.75) is 74.8 Å². The van der Waals surface area contributed by atoms with Crippen molar-refractivity contribution in [3.8, 4) is 0 Å². The summed E-state index contributed by atoms with van der Waals surface area (Å²) < 4.78 is 0. The molecule has 0 nitrogen and oxygen atoms in total. The Balaban J connectivity index is 2.13. The minimum Gasteiger partial charge on any atom is -0.0714 e. The van der Waals surface area contributed by atoms with Crippen molar-refractivity contribution >= 4 is 31.3 Å². The first-order valence-corrected chi connectivity index (χ1v) is 24.9. The Morgan fingerprint density at radius 1 is 0.571 bits per heavy atom. The molecule has 0 fully saturated rings. The minimum absolute atomic E-state index is 0.750. The van der Waals surface area contributed by atoms with Crippen LogP contribution in [0.1, 0.15) is 33.3 Å². The number of fused-ring (bicyclic) bond motifs is 8. The van der Waals surface area contributed by atoms with Crippen LogP contribution in [-0.4, -0.2) is 31.3 Å². The van der Waals surface area contributed by atoms with Gasteiger partial charge in [-0.05, 0) is 22.3 Å². The smallest absolute Gasteiger partial charge is 0.0711 e. The van der Waals surface area contributed by atoms with Gasteiger partial charge in [0, 0.05) is 34.8 Å². The largest absolute Gasteiger partial charge is 0.0714 e. The van der Waals surface area contributed by atoms with Gasteiger partial charge in [0.15, 0.2) is 0 Å². The van der Waals surface area contributed by atoms with Gasteiger partial charge >= 0.3 is 0 Å². The molecule has 0 spiro atoms. The molecule has 150 valence electrons. The Kier molecular flexibility index (Phi) is 4.53. The van der Waals surface area contributed by atoms with E-state index in [1.54, 1.807) is 22.3 Å². The van der Waals surface area contributed by atoms with E-state index in [9.17, 15) is 0 Å². The molecule has 0 saturated carbocycles. The van der Waals surface area contributed by atoms with Crippen LogP contribution >= 0.6 is 0 Å². The summed E-state index contributed by atoms with van der Waals surface area (Å²) in [5.41, 5.74) is 8.40. The number of benzene rings is 2. The van der Waals surface area contributed by atoms with Gasteiger partial charge in [-0.25, -0.2) is 0 Å². The van der Waals surface area contributed by atoms with Crippen molar-refractivity contribution in [3.05, 3.63) is 70.8 Å². The van der Waals surface area contributed by atoms with E-state index in [4.69, 9.17) is 0 Å². The average Bonchev–Trinajstić information content (AvgIpc) is 2.99. The summed E-state index contributed by atoms with van der Waals surface area (Å²) in [5.74, 6) is 0. The lowest BCUT2D eigenvalue weighted by Gasteiger charge is -2.57. The maximum atomic E-state index is 2.75. The van der Waals surface area contributed by atoms with Gasteiger partial charge in [0.1, 0.15) is 0 Å². The third-order valence-corrected chi connectivity index (χ3v) is 43.3. The monoisotopic (exact) mass is 438 g/mol. The van der Waals surface area contributed by atoms with Gasteiger partial charge in [-0.1, -0.05) is 112 Å². The summed E-state index contributed by atoms with van der Waals surface area (Å²) in [4.78, 5) is 1.05. The van der Waals surface area contributed by atoms with E-state index in [1.807, 2.05) is 0 Å². The van der Waals surface area contributed by atoms with Crippen LogP contribution in [0.25, 0.3) is 0 Å². The normalized spacial score (nSPS) is 26.5. The average molecular weight is 439 g/mol. The maximum absolute atomic E-state index is 2.75. The van der Waals surface area contributed by atoms with E-state index in [-0.39, 0.29) is 0 Å². The molecule has 0 radical (unpaired) electrons. The molecule has 28 heavy (non-hydrogen) atoms. The van der Waals surface area contributed by atoms with Crippen molar-refractivity contribution in [2.75, 3.05) is 0 Å². The van der Waals surface area contributed by atoms with Gasteiger partial charge in [-0.2, -0.15) is 0 Å². The molecule has 0 aliphatic carbocycles. The van der Waals surface area contributed by atoms with Gasteiger partial charge in [-0.15, -0.1) is 0 Å². The van der Waals surface area contributed by atoms with Gasteiger partial charge in [0.2, 0.25) is 0 Å². The Morgan fingerprint density at radius 2 is 0.857 bits per heavy atom. The molecule has 0 atom stereocenters. The third kappa shape index (κ3) is 2.57. The molecule has 2 aromatic rings. The second-order valence-corrected chi connectivity index (χ2v) is 40.0. The summed E-state index contributed by atoms with van der Waals surface area (Å²) in [6, 6.07) is 19.2. The highest BCUT2D eigenvalue weighted by molar-refractivity contribution is 7.48. The summed E-state index contributed by atoms with van der Waals surface area (Å²) >= 11 is 0. The van der Waals surface area contributed by atoms with E-state index in [2.05, 4.69) is 107 Å². The molecule has 0 amide bonds. The fraction of sp³-hybridized carbons (Fsp3) is 0.500. The van der Waals surface area contributed by atoms with Crippen LogP contribution in [0.15, 0.2) is 48.5 Å². The maximum Gasteiger partial charge on any atom is 0.0711 e. The standard InChI is InChI=1S/C24H38Si4/c1-25(2,3)24(26(4,5)6)28(27(7,8)9)22-18-14-10-11-15-19(18)23(28)21-17-13-12-16-20(21)22/h10-17,22-24H,1-9H3. The highest BCUT2D eigenvalue weighted by atomic mass is 29.3. The van der Waals surface area contributed by atoms with E-state index in [1.165, 1.54) is 0 Å². The van der Waals surface area contributed by atoms with Crippen LogP contribution in [0.3, 0.4) is 0 Å². The van der Waals surface area contributed by atoms with Gasteiger partial charge in [0.25, 0.3) is 0 Å². The van der Waals surface area contributed by atoms with E-state index < -0.39 is 31.3 Å². The number of hydrogen-bond donors (Lipinski definition) is 0. The minimum atomic E-state index is -1.68. The van der Waals surface area contributed by atoms with Crippen LogP contribution in [0.5, 0.6) is 0 Å². The van der Waals surface area contributed by atoms with Gasteiger partial charge in [-0.3, -0.25) is 0 Å². The summed E-state index contributed by atoms with van der Waals surface area (Å²) in [5, 5.41) is 0. The van der Waals surface area contributed by atoms with Crippen LogP contribution in [0.4, 0.5) is 0 Å². The molecule has 2 heterocycles. The molecule has 2 aliphatic heterocycles. The predicted octanol–water partition coefficient (Wildman–Crippen LogP) is 7.35. The van der Waals surface area contributed by atoms with Crippen molar-refractivity contribution < 1.29 is 0 Å². The second kappa shape index (κ2) is 6.16. The topological polar surface area (TPSA) is 0 Å². The molecule has 2 bridgehead atoms. The van der Waals surface area contributed by atoms with Crippen molar-refractivity contribution in [1.29, 1.82) is 0 Å². The Morgan fingerprint density at radius 3 is 1.07 bits per heavy atom. The first-order chi connectivity index (χ1) is 12.8. The molecule has 0 N–H and O–H groups in total. The van der Waals surface area contributed by atoms with Crippen LogP contribution in [0.2, 0.25) is 63.7 Å². The summed E-state index contributed by atoms with van der Waals surface area (Å²) in [7, 11) is -5.75. The van der Waals surface area contributed by atoms with E-state index in [0.29, 0.717) is 0 Å². The Bertz CT molecular complexity index is 800. The zero-order chi connectivity index (χ0) is 20.7. The Hall–Kier alpha value is -0.692. The van der Waals surface area contributed by atoms with Crippen molar-refractivity contribution in [3.63, 3.8) is 0 Å². The zero-order valence-corrected chi connectivity index (χ0v) is 23.4. The van der Waals surface area contributed by atoms with Crippen molar-refractivity contribution in [1.82, 2.24) is 0 Å². The van der Waals surface area contributed by atoms with Crippen LogP contribution < -0.4 is 0 Å². The molecule has 2 aliphatic rings. The van der Waals surface area contributed by atoms with Gasteiger partial charge in [0.05, 0.1) is 7.59 Å². The molecule has 0 aromatic heterocycles. The van der Waals surface area contributed by atoms with Crippen molar-refractivity contribution in [2.24, 2.45) is 0 Å². The lowest BCUT2D eigenvalue weighted by Crippen LogP contribution is -2.72. The number of hydrogen-bond acceptors (Lipinski definition) is 0. The lowest BCUT2D eigenvalue weighted by molar-refractivity contribution is 1.04. The second-order valence-electron chi connectivity index (χ2n) is 12.5. The van der Waals surface area contributed by atoms with Crippen LogP contribution in [-0.2, 0) is 0 Å². The number of rotatable bonds is 4. The molecule has 4 rings (SSSR count). The first-order valence-electron chi connectivity index (χ1n) is 11.0. The highest BCUT2D eigenvalue weighted by Crippen LogP contribution is 2.69. The fourth-order valence-corrected chi connectivity index (χ4v) is 63.8. The van der Waals surface area contributed by atoms with E-state index >= 15 is 0 Å². The lowest BCUT2D eigenvalue weighted by atomic mass is 9.86. The van der Waals surface area contributed by atoms with Gasteiger partial charge < -0.3 is 0 Å².